The third kappa shape index (κ3) is 12.1. The average molecular weight is 246 g/mol. The van der Waals surface area contributed by atoms with Gasteiger partial charge in [0.1, 0.15) is 0 Å². The van der Waals surface area contributed by atoms with Crippen LogP contribution in [0.5, 0.6) is 0 Å². The topological polar surface area (TPSA) is 35.5 Å². The first-order valence-electron chi connectivity index (χ1n) is 6.69. The van der Waals surface area contributed by atoms with Gasteiger partial charge in [0, 0.05) is 13.1 Å². The number of nitrogens with zero attached hydrogens (tertiary/aromatic N) is 2. The molecule has 0 heterocycles. The van der Waals surface area contributed by atoms with Gasteiger partial charge >= 0.3 is 0 Å². The van der Waals surface area contributed by atoms with Gasteiger partial charge in [-0.2, -0.15) is 0 Å². The van der Waals surface area contributed by atoms with Gasteiger partial charge < -0.3 is 19.8 Å². The molecule has 0 aromatic carbocycles. The number of quaternary nitrogens is 1. The zero-order valence-corrected chi connectivity index (χ0v) is 12.4. The minimum Gasteiger partial charge on any atom is -0.393 e. The van der Waals surface area contributed by atoms with Crippen LogP contribution in [0.15, 0.2) is 0 Å². The molecule has 0 fully saturated rings. The summed E-state index contributed by atoms with van der Waals surface area (Å²) in [6, 6.07) is 0. The molecule has 2 N–H and O–H groups in total. The van der Waals surface area contributed by atoms with E-state index in [4.69, 9.17) is 5.11 Å². The molecule has 0 spiro atoms. The van der Waals surface area contributed by atoms with Gasteiger partial charge in [-0.25, -0.2) is 0 Å². The second-order valence-corrected chi connectivity index (χ2v) is 5.93. The van der Waals surface area contributed by atoms with E-state index in [0.717, 1.165) is 43.5 Å². The lowest BCUT2D eigenvalue weighted by Gasteiger charge is -2.31. The first kappa shape index (κ1) is 16.8. The van der Waals surface area contributed by atoms with Gasteiger partial charge in [0.15, 0.2) is 0 Å². The van der Waals surface area contributed by atoms with Crippen LogP contribution in [-0.2, 0) is 0 Å². The standard InChI is InChI=1S/C13H32N3O/c1-13(17)7-6-8-14-9-11-16(4,5)12-10-15(2)3/h13-14,17H,6-12H2,1-5H3/q+1. The summed E-state index contributed by atoms with van der Waals surface area (Å²) in [5.74, 6) is 0. The lowest BCUT2D eigenvalue weighted by Crippen LogP contribution is -2.47. The van der Waals surface area contributed by atoms with Crippen LogP contribution in [0.25, 0.3) is 0 Å². The van der Waals surface area contributed by atoms with Crippen molar-refractivity contribution in [2.24, 2.45) is 0 Å². The fourth-order valence-corrected chi connectivity index (χ4v) is 1.61. The third-order valence-corrected chi connectivity index (χ3v) is 3.02. The molecule has 17 heavy (non-hydrogen) atoms. The van der Waals surface area contributed by atoms with Gasteiger partial charge in [-0.3, -0.25) is 0 Å². The average Bonchev–Trinajstić information content (AvgIpc) is 2.20. The summed E-state index contributed by atoms with van der Waals surface area (Å²) in [6.45, 7) is 7.39. The van der Waals surface area contributed by atoms with Crippen LogP contribution in [-0.4, -0.2) is 81.5 Å². The highest BCUT2D eigenvalue weighted by Gasteiger charge is 2.13. The van der Waals surface area contributed by atoms with E-state index in [9.17, 15) is 0 Å². The number of aliphatic hydroxyl groups is 1. The molecule has 1 unspecified atom stereocenters. The highest BCUT2D eigenvalue weighted by Crippen LogP contribution is 1.96. The van der Waals surface area contributed by atoms with Crippen LogP contribution in [0.1, 0.15) is 19.8 Å². The lowest BCUT2D eigenvalue weighted by molar-refractivity contribution is -0.888. The van der Waals surface area contributed by atoms with Crippen molar-refractivity contribution < 1.29 is 9.59 Å². The fourth-order valence-electron chi connectivity index (χ4n) is 1.61. The fraction of sp³-hybridized carbons (Fsp3) is 1.00. The molecule has 104 valence electrons. The summed E-state index contributed by atoms with van der Waals surface area (Å²) < 4.78 is 1.06. The van der Waals surface area contributed by atoms with Crippen molar-refractivity contribution >= 4 is 0 Å². The van der Waals surface area contributed by atoms with E-state index in [1.807, 2.05) is 6.92 Å². The summed E-state index contributed by atoms with van der Waals surface area (Å²) >= 11 is 0. The van der Waals surface area contributed by atoms with Crippen molar-refractivity contribution in [2.45, 2.75) is 25.9 Å². The van der Waals surface area contributed by atoms with Crippen molar-refractivity contribution in [2.75, 3.05) is 60.9 Å². The molecule has 0 bridgehead atoms. The number of nitrogens with one attached hydrogen (secondary N) is 1. The molecule has 0 aromatic rings. The number of likely N-dealkylation sites (N-methyl/N-ethyl adjacent to an activating group) is 2. The Morgan fingerprint density at radius 2 is 1.82 bits per heavy atom. The van der Waals surface area contributed by atoms with Gasteiger partial charge in [0.2, 0.25) is 0 Å². The van der Waals surface area contributed by atoms with E-state index in [-0.39, 0.29) is 6.10 Å². The Morgan fingerprint density at radius 1 is 1.18 bits per heavy atom. The Kier molecular flexibility index (Phi) is 8.78. The van der Waals surface area contributed by atoms with Crippen molar-refractivity contribution in [1.29, 1.82) is 0 Å². The van der Waals surface area contributed by atoms with Gasteiger partial charge in [-0.05, 0) is 40.4 Å². The molecule has 0 aliphatic heterocycles. The molecule has 1 atom stereocenters. The minimum absolute atomic E-state index is 0.163. The summed E-state index contributed by atoms with van der Waals surface area (Å²) in [7, 11) is 8.80. The van der Waals surface area contributed by atoms with Crippen LogP contribution in [0.4, 0.5) is 0 Å². The Morgan fingerprint density at radius 3 is 2.35 bits per heavy atom. The van der Waals surface area contributed by atoms with Crippen molar-refractivity contribution in [3.05, 3.63) is 0 Å². The second kappa shape index (κ2) is 8.86. The number of aliphatic hydroxyl groups excluding tert-OH is 1. The summed E-state index contributed by atoms with van der Waals surface area (Å²) in [5, 5.41) is 12.6. The third-order valence-electron chi connectivity index (χ3n) is 3.02. The van der Waals surface area contributed by atoms with E-state index in [1.54, 1.807) is 0 Å². The van der Waals surface area contributed by atoms with E-state index < -0.39 is 0 Å². The summed E-state index contributed by atoms with van der Waals surface area (Å²) in [5.41, 5.74) is 0. The Balaban J connectivity index is 3.45. The molecule has 0 radical (unpaired) electrons. The molecule has 0 aromatic heterocycles. The molecule has 0 amide bonds. The van der Waals surface area contributed by atoms with E-state index in [2.05, 4.69) is 38.4 Å². The quantitative estimate of drug-likeness (QED) is 0.432. The molecular weight excluding hydrogens is 214 g/mol. The summed E-state index contributed by atoms with van der Waals surface area (Å²) in [6.07, 6.45) is 1.79. The SMILES string of the molecule is CC(O)CCCNCC[N+](C)(C)CCN(C)C. The van der Waals surface area contributed by atoms with Crippen LogP contribution in [0, 0.1) is 0 Å². The molecule has 0 saturated heterocycles. The van der Waals surface area contributed by atoms with E-state index in [0.29, 0.717) is 0 Å². The van der Waals surface area contributed by atoms with E-state index >= 15 is 0 Å². The van der Waals surface area contributed by atoms with Crippen molar-refractivity contribution in [3.63, 3.8) is 0 Å². The smallest absolute Gasteiger partial charge is 0.0911 e. The lowest BCUT2D eigenvalue weighted by atomic mass is 10.2. The van der Waals surface area contributed by atoms with E-state index in [1.165, 1.54) is 6.54 Å². The highest BCUT2D eigenvalue weighted by molar-refractivity contribution is 4.52. The number of hydrogen-bond donors (Lipinski definition) is 2. The predicted molar refractivity (Wildman–Crippen MR) is 74.2 cm³/mol. The van der Waals surface area contributed by atoms with Crippen LogP contribution >= 0.6 is 0 Å². The Hall–Kier alpha value is -0.160. The number of rotatable bonds is 10. The molecule has 4 nitrogen and oxygen atoms in total. The van der Waals surface area contributed by atoms with Crippen LogP contribution in [0.3, 0.4) is 0 Å². The number of hydrogen-bond acceptors (Lipinski definition) is 3. The largest absolute Gasteiger partial charge is 0.393 e. The monoisotopic (exact) mass is 246 g/mol. The van der Waals surface area contributed by atoms with Gasteiger partial charge in [0.05, 0.1) is 33.3 Å². The van der Waals surface area contributed by atoms with Crippen molar-refractivity contribution in [3.8, 4) is 0 Å². The Bertz CT molecular complexity index is 182. The van der Waals surface area contributed by atoms with Gasteiger partial charge in [0.25, 0.3) is 0 Å². The highest BCUT2D eigenvalue weighted by atomic mass is 16.3. The maximum absolute atomic E-state index is 9.12. The predicted octanol–water partition coefficient (Wildman–Crippen LogP) is 0.375. The van der Waals surface area contributed by atoms with Crippen LogP contribution in [0.2, 0.25) is 0 Å². The van der Waals surface area contributed by atoms with Gasteiger partial charge in [-0.15, -0.1) is 0 Å². The first-order chi connectivity index (χ1) is 7.83. The minimum atomic E-state index is -0.163. The zero-order valence-electron chi connectivity index (χ0n) is 12.4. The van der Waals surface area contributed by atoms with Gasteiger partial charge in [-0.1, -0.05) is 0 Å². The van der Waals surface area contributed by atoms with Crippen LogP contribution < -0.4 is 5.32 Å². The summed E-state index contributed by atoms with van der Waals surface area (Å²) in [4.78, 5) is 2.23. The molecule has 4 heteroatoms. The Labute approximate surface area is 107 Å². The molecular formula is C13H32N3O+. The maximum Gasteiger partial charge on any atom is 0.0911 e. The van der Waals surface area contributed by atoms with Crippen molar-refractivity contribution in [1.82, 2.24) is 10.2 Å². The second-order valence-electron chi connectivity index (χ2n) is 5.93. The normalized spacial score (nSPS) is 14.3. The zero-order chi connectivity index (χ0) is 13.3. The molecule has 0 saturated carbocycles. The molecule has 0 aliphatic rings. The maximum atomic E-state index is 9.12. The molecule has 0 rings (SSSR count). The first-order valence-corrected chi connectivity index (χ1v) is 6.69. The molecule has 0 aliphatic carbocycles.